The van der Waals surface area contributed by atoms with Crippen LogP contribution < -0.4 is 11.2 Å². The lowest BCUT2D eigenvalue weighted by Crippen LogP contribution is -2.39. The van der Waals surface area contributed by atoms with Crippen molar-refractivity contribution in [1.29, 1.82) is 5.26 Å². The summed E-state index contributed by atoms with van der Waals surface area (Å²) in [5.74, 6) is 0. The van der Waals surface area contributed by atoms with Crippen molar-refractivity contribution in [2.45, 2.75) is 30.6 Å². The Labute approximate surface area is 157 Å². The lowest BCUT2D eigenvalue weighted by atomic mass is 10.0. The van der Waals surface area contributed by atoms with E-state index in [1.807, 2.05) is 32.0 Å². The average molecular weight is 402 g/mol. The number of halogens is 3. The van der Waals surface area contributed by atoms with Gasteiger partial charge in [-0.2, -0.15) is 13.6 Å². The summed E-state index contributed by atoms with van der Waals surface area (Å²) in [7, 11) is 0. The Morgan fingerprint density at radius 2 is 1.80 bits per heavy atom. The zero-order valence-corrected chi connectivity index (χ0v) is 15.8. The van der Waals surface area contributed by atoms with Gasteiger partial charge in [0.2, 0.25) is 0 Å². The molecule has 0 aliphatic heterocycles. The fraction of sp³-hybridized carbons (Fsp3) is 0.312. The Kier molecular flexibility index (Phi) is 5.99. The fourth-order valence-corrected chi connectivity index (χ4v) is 3.45. The van der Waals surface area contributed by atoms with Crippen LogP contribution in [0.15, 0.2) is 34.0 Å². The first kappa shape index (κ1) is 19.6. The Hall–Kier alpha value is -1.75. The van der Waals surface area contributed by atoms with Gasteiger partial charge in [-0.25, -0.2) is 4.79 Å². The van der Waals surface area contributed by atoms with Gasteiger partial charge in [0.15, 0.2) is 0 Å². The van der Waals surface area contributed by atoms with Crippen LogP contribution in [0.1, 0.15) is 30.5 Å². The van der Waals surface area contributed by atoms with Gasteiger partial charge >= 0.3 is 9.61 Å². The van der Waals surface area contributed by atoms with Crippen LogP contribution in [0.2, 0.25) is 0 Å². The van der Waals surface area contributed by atoms with Crippen molar-refractivity contribution < 1.29 is 4.39 Å². The van der Waals surface area contributed by atoms with Crippen molar-refractivity contribution in [3.05, 3.63) is 61.9 Å². The number of hydrogen-bond donors (Lipinski definition) is 0. The third kappa shape index (κ3) is 4.09. The van der Waals surface area contributed by atoms with E-state index in [0.717, 1.165) is 17.3 Å². The van der Waals surface area contributed by atoms with Gasteiger partial charge in [0.25, 0.3) is 5.56 Å². The molecule has 0 saturated carbocycles. The molecule has 9 heteroatoms. The Morgan fingerprint density at radius 3 is 2.24 bits per heavy atom. The maximum Gasteiger partial charge on any atom is 0.346 e. The fourth-order valence-electron chi connectivity index (χ4n) is 2.48. The molecule has 2 aromatic rings. The maximum absolute atomic E-state index is 13.6. The smallest absolute Gasteiger partial charge is 0.267 e. The first-order chi connectivity index (χ1) is 11.7. The van der Waals surface area contributed by atoms with E-state index in [2.05, 4.69) is 0 Å². The number of aryl methyl sites for hydroxylation is 2. The molecule has 0 spiro atoms. The molecule has 1 aromatic carbocycles. The van der Waals surface area contributed by atoms with E-state index in [1.165, 1.54) is 4.57 Å². The van der Waals surface area contributed by atoms with E-state index < -0.39 is 15.2 Å². The molecule has 0 bridgehead atoms. The van der Waals surface area contributed by atoms with E-state index in [4.69, 9.17) is 23.2 Å². The number of alkyl halides is 3. The van der Waals surface area contributed by atoms with Crippen molar-refractivity contribution in [2.75, 3.05) is 0 Å². The molecule has 132 valence electrons. The highest BCUT2D eigenvalue weighted by Crippen LogP contribution is 2.35. The second-order valence-electron chi connectivity index (χ2n) is 5.08. The maximum atomic E-state index is 13.6. The molecule has 2 rings (SSSR count). The van der Waals surface area contributed by atoms with Crippen LogP contribution >= 0.6 is 35.1 Å². The van der Waals surface area contributed by atoms with Crippen LogP contribution in [0.3, 0.4) is 0 Å². The molecule has 0 N–H and O–H groups in total. The number of benzene rings is 1. The van der Waals surface area contributed by atoms with Crippen LogP contribution in [0, 0.1) is 11.3 Å². The van der Waals surface area contributed by atoms with E-state index in [1.54, 1.807) is 6.07 Å². The summed E-state index contributed by atoms with van der Waals surface area (Å²) in [4.78, 5) is 25.0. The molecule has 0 atom stereocenters. The number of aromatic nitrogens is 2. The number of nitrogens with zero attached hydrogens (tertiary/aromatic N) is 3. The minimum Gasteiger partial charge on any atom is -0.267 e. The molecule has 0 fully saturated rings. The van der Waals surface area contributed by atoms with Crippen LogP contribution in [-0.4, -0.2) is 12.5 Å². The Balaban J connectivity index is 2.90. The second kappa shape index (κ2) is 7.65. The SMILES string of the molecule is CCc1cccc(CC)c1-n1cc(C#N)c(=O)n(SC(F)(Cl)Cl)c1=O. The lowest BCUT2D eigenvalue weighted by molar-refractivity contribution is 0.513. The molecule has 1 heterocycles. The number of para-hydroxylation sites is 1. The van der Waals surface area contributed by atoms with Gasteiger partial charge in [-0.15, -0.1) is 0 Å². The number of rotatable bonds is 5. The summed E-state index contributed by atoms with van der Waals surface area (Å²) < 4.78 is 12.3. The summed E-state index contributed by atoms with van der Waals surface area (Å²) in [5.41, 5.74) is 0.138. The van der Waals surface area contributed by atoms with Crippen molar-refractivity contribution in [1.82, 2.24) is 8.54 Å². The van der Waals surface area contributed by atoms with Crippen LogP contribution in [0.4, 0.5) is 4.39 Å². The molecular weight excluding hydrogens is 388 g/mol. The largest absolute Gasteiger partial charge is 0.346 e. The van der Waals surface area contributed by atoms with Crippen LogP contribution in [-0.2, 0) is 12.8 Å². The lowest BCUT2D eigenvalue weighted by Gasteiger charge is -2.17. The summed E-state index contributed by atoms with van der Waals surface area (Å²) in [6.07, 6.45) is 2.42. The van der Waals surface area contributed by atoms with Crippen molar-refractivity contribution in [2.24, 2.45) is 0 Å². The Morgan fingerprint density at radius 1 is 1.24 bits per heavy atom. The molecule has 0 aliphatic rings. The van der Waals surface area contributed by atoms with E-state index >= 15 is 0 Å². The highest BCUT2D eigenvalue weighted by molar-refractivity contribution is 8.01. The minimum absolute atomic E-state index is 0.00319. The van der Waals surface area contributed by atoms with Crippen LogP contribution in [0.5, 0.6) is 0 Å². The number of hydrogen-bond acceptors (Lipinski definition) is 4. The summed E-state index contributed by atoms with van der Waals surface area (Å²) in [6.45, 7) is 3.84. The minimum atomic E-state index is -2.90. The number of nitriles is 1. The predicted molar refractivity (Wildman–Crippen MR) is 98.3 cm³/mol. The molecule has 0 amide bonds. The molecule has 0 unspecified atom stereocenters. The first-order valence-corrected chi connectivity index (χ1v) is 8.92. The molecule has 0 saturated heterocycles. The quantitative estimate of drug-likeness (QED) is 0.718. The second-order valence-corrected chi connectivity index (χ2v) is 7.87. The molecule has 5 nitrogen and oxygen atoms in total. The first-order valence-electron chi connectivity index (χ1n) is 7.39. The van der Waals surface area contributed by atoms with E-state index in [0.29, 0.717) is 22.5 Å². The van der Waals surface area contributed by atoms with E-state index in [9.17, 15) is 19.2 Å². The van der Waals surface area contributed by atoms with E-state index in [-0.39, 0.29) is 17.5 Å². The third-order valence-corrected chi connectivity index (χ3v) is 4.70. The summed E-state index contributed by atoms with van der Waals surface area (Å²) in [5, 5.41) is 9.21. The summed E-state index contributed by atoms with van der Waals surface area (Å²) in [6, 6.07) is 7.28. The topological polar surface area (TPSA) is 67.8 Å². The zero-order chi connectivity index (χ0) is 18.8. The van der Waals surface area contributed by atoms with Gasteiger partial charge in [0.05, 0.1) is 5.69 Å². The molecule has 25 heavy (non-hydrogen) atoms. The van der Waals surface area contributed by atoms with Gasteiger partial charge < -0.3 is 0 Å². The van der Waals surface area contributed by atoms with Crippen molar-refractivity contribution >= 4 is 35.1 Å². The van der Waals surface area contributed by atoms with Crippen molar-refractivity contribution in [3.63, 3.8) is 0 Å². The molecule has 1 aromatic heterocycles. The zero-order valence-electron chi connectivity index (χ0n) is 13.4. The standard InChI is InChI=1S/C16H14Cl2FN3O2S/c1-3-10-6-5-7-11(4-2)13(10)21-9-12(8-20)14(23)22(15(21)24)25-16(17,18)19/h5-7,9H,3-4H2,1-2H3. The van der Waals surface area contributed by atoms with Gasteiger partial charge in [0.1, 0.15) is 11.6 Å². The normalized spacial score (nSPS) is 11.4. The average Bonchev–Trinajstić information content (AvgIpc) is 2.57. The Bertz CT molecular complexity index is 936. The van der Waals surface area contributed by atoms with Gasteiger partial charge in [-0.1, -0.05) is 55.2 Å². The summed E-state index contributed by atoms with van der Waals surface area (Å²) >= 11 is 10.6. The molecule has 0 aliphatic carbocycles. The van der Waals surface area contributed by atoms with Gasteiger partial charge in [0, 0.05) is 18.1 Å². The highest BCUT2D eigenvalue weighted by Gasteiger charge is 2.28. The van der Waals surface area contributed by atoms with Gasteiger partial charge in [-0.05, 0) is 24.0 Å². The monoisotopic (exact) mass is 401 g/mol. The molecule has 0 radical (unpaired) electrons. The van der Waals surface area contributed by atoms with Gasteiger partial charge in [-0.3, -0.25) is 9.36 Å². The van der Waals surface area contributed by atoms with Crippen LogP contribution in [0.25, 0.3) is 5.69 Å². The molecular formula is C16H14Cl2FN3O2S. The third-order valence-electron chi connectivity index (χ3n) is 3.57. The van der Waals surface area contributed by atoms with Crippen molar-refractivity contribution in [3.8, 4) is 11.8 Å². The predicted octanol–water partition coefficient (Wildman–Crippen LogP) is 3.55. The highest BCUT2D eigenvalue weighted by atomic mass is 35.5.